The summed E-state index contributed by atoms with van der Waals surface area (Å²) in [6.45, 7) is 7.65. The zero-order valence-corrected chi connectivity index (χ0v) is 13.2. The molecule has 0 saturated carbocycles. The van der Waals surface area contributed by atoms with Gasteiger partial charge < -0.3 is 15.1 Å². The van der Waals surface area contributed by atoms with E-state index in [9.17, 15) is 0 Å². The maximum Gasteiger partial charge on any atom is 0.298 e. The number of para-hydroxylation sites is 2. The van der Waals surface area contributed by atoms with E-state index in [1.807, 2.05) is 24.3 Å². The Labute approximate surface area is 129 Å². The van der Waals surface area contributed by atoms with E-state index in [4.69, 9.17) is 22.4 Å². The van der Waals surface area contributed by atoms with Crippen LogP contribution in [0, 0.1) is 0 Å². The molecule has 1 aromatic heterocycles. The maximum atomic E-state index is 5.84. The van der Waals surface area contributed by atoms with Crippen molar-refractivity contribution in [2.75, 3.05) is 31.1 Å². The second-order valence-electron chi connectivity index (χ2n) is 5.86. The Morgan fingerprint density at radius 1 is 1.24 bits per heavy atom. The average Bonchev–Trinajstić information content (AvgIpc) is 2.91. The summed E-state index contributed by atoms with van der Waals surface area (Å²) in [7, 11) is 0. The van der Waals surface area contributed by atoms with Gasteiger partial charge in [0.2, 0.25) is 0 Å². The van der Waals surface area contributed by atoms with Crippen molar-refractivity contribution in [2.24, 2.45) is 5.73 Å². The van der Waals surface area contributed by atoms with Crippen LogP contribution in [0.2, 0.25) is 0 Å². The minimum atomic E-state index is -0.247. The molecule has 1 aromatic carbocycles. The van der Waals surface area contributed by atoms with E-state index in [1.165, 1.54) is 0 Å². The number of rotatable bonds is 3. The average molecular weight is 304 g/mol. The minimum Gasteiger partial charge on any atom is -0.423 e. The van der Waals surface area contributed by atoms with Gasteiger partial charge in [-0.3, -0.25) is 4.90 Å². The number of nitrogens with two attached hydrogens (primary N) is 1. The molecule has 0 bridgehead atoms. The molecule has 1 saturated heterocycles. The molecular formula is C15H20N4OS. The summed E-state index contributed by atoms with van der Waals surface area (Å²) in [6.07, 6.45) is 0. The molecule has 0 amide bonds. The molecule has 0 radical (unpaired) electrons. The summed E-state index contributed by atoms with van der Waals surface area (Å²) >= 11 is 5.17. The van der Waals surface area contributed by atoms with Crippen LogP contribution in [0.5, 0.6) is 0 Å². The fraction of sp³-hybridized carbons (Fsp3) is 0.467. The topological polar surface area (TPSA) is 58.5 Å². The Hall–Kier alpha value is -1.66. The number of piperazine rings is 1. The smallest absolute Gasteiger partial charge is 0.298 e. The molecule has 0 aliphatic carbocycles. The zero-order chi connectivity index (χ0) is 15.0. The van der Waals surface area contributed by atoms with Crippen molar-refractivity contribution < 1.29 is 4.42 Å². The van der Waals surface area contributed by atoms with Gasteiger partial charge in [0.1, 0.15) is 5.52 Å². The Kier molecular flexibility index (Phi) is 3.59. The largest absolute Gasteiger partial charge is 0.423 e. The lowest BCUT2D eigenvalue weighted by Gasteiger charge is -2.43. The fourth-order valence-electron chi connectivity index (χ4n) is 2.61. The highest BCUT2D eigenvalue weighted by molar-refractivity contribution is 7.80. The molecule has 3 rings (SSSR count). The van der Waals surface area contributed by atoms with E-state index in [2.05, 4.69) is 28.6 Å². The van der Waals surface area contributed by atoms with Crippen LogP contribution >= 0.6 is 12.2 Å². The third-order valence-electron chi connectivity index (χ3n) is 4.23. The van der Waals surface area contributed by atoms with E-state index in [1.54, 1.807) is 0 Å². The van der Waals surface area contributed by atoms with Crippen molar-refractivity contribution in [2.45, 2.75) is 19.4 Å². The number of hydrogen-bond donors (Lipinski definition) is 1. The van der Waals surface area contributed by atoms with Crippen molar-refractivity contribution >= 4 is 34.3 Å². The summed E-state index contributed by atoms with van der Waals surface area (Å²) < 4.78 is 5.82. The number of nitrogens with zero attached hydrogens (tertiary/aromatic N) is 3. The SMILES string of the molecule is CC(C)(C(N)=S)N1CCN(c2nc3ccccc3o2)CC1. The van der Waals surface area contributed by atoms with Gasteiger partial charge in [-0.15, -0.1) is 0 Å². The standard InChI is InChI=1S/C15H20N4OS/c1-15(2,13(16)21)19-9-7-18(8-10-19)14-17-11-5-3-4-6-12(11)20-14/h3-6H,7-10H2,1-2H3,(H2,16,21). The third kappa shape index (κ3) is 2.61. The van der Waals surface area contributed by atoms with Crippen molar-refractivity contribution in [3.05, 3.63) is 24.3 Å². The molecule has 0 atom stereocenters. The molecule has 2 N–H and O–H groups in total. The van der Waals surface area contributed by atoms with Crippen LogP contribution < -0.4 is 10.6 Å². The summed E-state index contributed by atoms with van der Waals surface area (Å²) in [5.41, 5.74) is 7.33. The molecule has 21 heavy (non-hydrogen) atoms. The van der Waals surface area contributed by atoms with Gasteiger partial charge >= 0.3 is 0 Å². The third-order valence-corrected chi connectivity index (χ3v) is 4.73. The van der Waals surface area contributed by atoms with Crippen LogP contribution in [-0.2, 0) is 0 Å². The number of hydrogen-bond acceptors (Lipinski definition) is 5. The highest BCUT2D eigenvalue weighted by atomic mass is 32.1. The van der Waals surface area contributed by atoms with Crippen LogP contribution in [-0.4, -0.2) is 46.6 Å². The maximum absolute atomic E-state index is 5.84. The van der Waals surface area contributed by atoms with Crippen LogP contribution in [0.4, 0.5) is 6.01 Å². The first-order valence-corrected chi connectivity index (χ1v) is 7.55. The Balaban J connectivity index is 1.72. The predicted octanol–water partition coefficient (Wildman–Crippen LogP) is 2.01. The molecule has 1 aliphatic heterocycles. The van der Waals surface area contributed by atoms with E-state index < -0.39 is 0 Å². The lowest BCUT2D eigenvalue weighted by atomic mass is 10.0. The lowest BCUT2D eigenvalue weighted by molar-refractivity contribution is 0.166. The van der Waals surface area contributed by atoms with Gasteiger partial charge in [-0.05, 0) is 26.0 Å². The summed E-state index contributed by atoms with van der Waals surface area (Å²) in [4.78, 5) is 9.58. The van der Waals surface area contributed by atoms with Gasteiger partial charge in [0, 0.05) is 26.2 Å². The molecule has 0 spiro atoms. The van der Waals surface area contributed by atoms with Gasteiger partial charge in [-0.1, -0.05) is 24.4 Å². The number of oxazole rings is 1. The van der Waals surface area contributed by atoms with Crippen molar-refractivity contribution in [1.29, 1.82) is 0 Å². The first-order chi connectivity index (χ1) is 9.98. The Morgan fingerprint density at radius 3 is 2.52 bits per heavy atom. The normalized spacial score (nSPS) is 17.3. The molecular weight excluding hydrogens is 284 g/mol. The van der Waals surface area contributed by atoms with Crippen LogP contribution in [0.3, 0.4) is 0 Å². The van der Waals surface area contributed by atoms with Gasteiger partial charge in [0.25, 0.3) is 6.01 Å². The van der Waals surface area contributed by atoms with Gasteiger partial charge in [0.15, 0.2) is 5.58 Å². The monoisotopic (exact) mass is 304 g/mol. The molecule has 1 fully saturated rings. The fourth-order valence-corrected chi connectivity index (χ4v) is 2.74. The van der Waals surface area contributed by atoms with Crippen molar-refractivity contribution in [3.8, 4) is 0 Å². The van der Waals surface area contributed by atoms with Gasteiger partial charge in [-0.2, -0.15) is 4.98 Å². The molecule has 1 aliphatic rings. The second kappa shape index (κ2) is 5.27. The predicted molar refractivity (Wildman–Crippen MR) is 88.7 cm³/mol. The van der Waals surface area contributed by atoms with Crippen molar-refractivity contribution in [3.63, 3.8) is 0 Å². The van der Waals surface area contributed by atoms with Crippen LogP contribution in [0.1, 0.15) is 13.8 Å². The summed E-state index contributed by atoms with van der Waals surface area (Å²) in [6, 6.07) is 8.54. The Bertz CT molecular complexity index is 625. The van der Waals surface area contributed by atoms with E-state index in [-0.39, 0.29) is 5.54 Å². The molecule has 2 aromatic rings. The molecule has 6 heteroatoms. The molecule has 2 heterocycles. The second-order valence-corrected chi connectivity index (χ2v) is 6.30. The van der Waals surface area contributed by atoms with E-state index in [0.29, 0.717) is 11.0 Å². The Morgan fingerprint density at radius 2 is 1.90 bits per heavy atom. The van der Waals surface area contributed by atoms with E-state index >= 15 is 0 Å². The molecule has 0 unspecified atom stereocenters. The molecule has 5 nitrogen and oxygen atoms in total. The lowest BCUT2D eigenvalue weighted by Crippen LogP contribution is -2.59. The first-order valence-electron chi connectivity index (χ1n) is 7.14. The van der Waals surface area contributed by atoms with Crippen LogP contribution in [0.15, 0.2) is 28.7 Å². The number of benzene rings is 1. The summed E-state index contributed by atoms with van der Waals surface area (Å²) in [5.74, 6) is 0. The number of aromatic nitrogens is 1. The zero-order valence-electron chi connectivity index (χ0n) is 12.4. The highest BCUT2D eigenvalue weighted by Gasteiger charge is 2.33. The first kappa shape index (κ1) is 14.3. The summed E-state index contributed by atoms with van der Waals surface area (Å²) in [5, 5.41) is 0. The minimum absolute atomic E-state index is 0.247. The van der Waals surface area contributed by atoms with Crippen molar-refractivity contribution in [1.82, 2.24) is 9.88 Å². The highest BCUT2D eigenvalue weighted by Crippen LogP contribution is 2.24. The molecule has 112 valence electrons. The number of fused-ring (bicyclic) bond motifs is 1. The number of anilines is 1. The van der Waals surface area contributed by atoms with Crippen LogP contribution in [0.25, 0.3) is 11.1 Å². The number of thiocarbonyl (C=S) groups is 1. The van der Waals surface area contributed by atoms with E-state index in [0.717, 1.165) is 37.3 Å². The van der Waals surface area contributed by atoms with Gasteiger partial charge in [0.05, 0.1) is 10.5 Å². The van der Waals surface area contributed by atoms with Gasteiger partial charge in [-0.25, -0.2) is 0 Å². The quantitative estimate of drug-likeness (QED) is 0.876.